The van der Waals surface area contributed by atoms with Gasteiger partial charge in [0.1, 0.15) is 0 Å². The molecule has 0 unspecified atom stereocenters. The molecule has 2 heterocycles. The molecule has 0 radical (unpaired) electrons. The van der Waals surface area contributed by atoms with Crippen LogP contribution in [-0.4, -0.2) is 9.97 Å². The Morgan fingerprint density at radius 3 is 2.55 bits per heavy atom. The van der Waals surface area contributed by atoms with Gasteiger partial charge in [0, 0.05) is 17.5 Å². The number of pyridine rings is 2. The number of aromatic nitrogens is 2. The molecule has 0 saturated carbocycles. The summed E-state index contributed by atoms with van der Waals surface area (Å²) in [6.45, 7) is 9.97. The topological polar surface area (TPSA) is 51.8 Å². The van der Waals surface area contributed by atoms with Gasteiger partial charge in [0.2, 0.25) is 0 Å². The van der Waals surface area contributed by atoms with Crippen molar-refractivity contribution in [3.05, 3.63) is 47.4 Å². The molecule has 2 N–H and O–H groups in total. The van der Waals surface area contributed by atoms with Gasteiger partial charge in [0.25, 0.3) is 0 Å². The SMILES string of the molecule is C=C(C)c1nc(-c2ccc(C(C)C)nc2)c(Cl)cc1N. The number of hydrogen-bond acceptors (Lipinski definition) is 3. The summed E-state index contributed by atoms with van der Waals surface area (Å²) in [6, 6.07) is 5.69. The number of nitrogens with zero attached hydrogens (tertiary/aromatic N) is 2. The molecule has 104 valence electrons. The number of allylic oxidation sites excluding steroid dienone is 1. The predicted molar refractivity (Wildman–Crippen MR) is 85.7 cm³/mol. The van der Waals surface area contributed by atoms with Gasteiger partial charge in [-0.25, -0.2) is 4.98 Å². The van der Waals surface area contributed by atoms with Crippen LogP contribution in [0.2, 0.25) is 5.02 Å². The van der Waals surface area contributed by atoms with E-state index in [1.807, 2.05) is 19.1 Å². The Labute approximate surface area is 124 Å². The minimum Gasteiger partial charge on any atom is -0.397 e. The van der Waals surface area contributed by atoms with Gasteiger partial charge in [-0.3, -0.25) is 4.98 Å². The van der Waals surface area contributed by atoms with Crippen LogP contribution in [0.3, 0.4) is 0 Å². The Morgan fingerprint density at radius 2 is 2.05 bits per heavy atom. The van der Waals surface area contributed by atoms with Crippen LogP contribution in [0.25, 0.3) is 16.8 Å². The molecule has 0 aliphatic rings. The number of halogens is 1. The second-order valence-corrected chi connectivity index (χ2v) is 5.57. The molecule has 4 heteroatoms. The average molecular weight is 288 g/mol. The number of nitrogens with two attached hydrogens (primary N) is 1. The molecule has 2 rings (SSSR count). The zero-order chi connectivity index (χ0) is 14.9. The van der Waals surface area contributed by atoms with Crippen LogP contribution in [0.15, 0.2) is 31.0 Å². The van der Waals surface area contributed by atoms with Gasteiger partial charge in [-0.15, -0.1) is 0 Å². The molecule has 0 aliphatic carbocycles. The average Bonchev–Trinajstić information content (AvgIpc) is 2.38. The quantitative estimate of drug-likeness (QED) is 0.902. The Morgan fingerprint density at radius 1 is 1.35 bits per heavy atom. The summed E-state index contributed by atoms with van der Waals surface area (Å²) >= 11 is 6.24. The highest BCUT2D eigenvalue weighted by Gasteiger charge is 2.12. The fourth-order valence-electron chi connectivity index (χ4n) is 1.93. The van der Waals surface area contributed by atoms with E-state index in [1.54, 1.807) is 12.3 Å². The zero-order valence-electron chi connectivity index (χ0n) is 11.9. The third-order valence-corrected chi connectivity index (χ3v) is 3.35. The Hall–Kier alpha value is -1.87. The van der Waals surface area contributed by atoms with E-state index in [0.717, 1.165) is 16.8 Å². The summed E-state index contributed by atoms with van der Waals surface area (Å²) in [5.74, 6) is 0.393. The van der Waals surface area contributed by atoms with Gasteiger partial charge in [0.15, 0.2) is 0 Å². The van der Waals surface area contributed by atoms with E-state index >= 15 is 0 Å². The van der Waals surface area contributed by atoms with E-state index in [-0.39, 0.29) is 0 Å². The van der Waals surface area contributed by atoms with Crippen LogP contribution in [0.1, 0.15) is 38.1 Å². The highest BCUT2D eigenvalue weighted by Crippen LogP contribution is 2.31. The Bertz CT molecular complexity index is 646. The molecule has 0 aliphatic heterocycles. The van der Waals surface area contributed by atoms with Crippen LogP contribution < -0.4 is 5.73 Å². The van der Waals surface area contributed by atoms with E-state index in [2.05, 4.69) is 30.4 Å². The maximum absolute atomic E-state index is 6.24. The van der Waals surface area contributed by atoms with Crippen LogP contribution >= 0.6 is 11.6 Å². The van der Waals surface area contributed by atoms with Crippen LogP contribution in [-0.2, 0) is 0 Å². The molecule has 0 saturated heterocycles. The molecule has 2 aromatic heterocycles. The van der Waals surface area contributed by atoms with Crippen molar-refractivity contribution in [1.29, 1.82) is 0 Å². The van der Waals surface area contributed by atoms with Gasteiger partial charge in [-0.2, -0.15) is 0 Å². The lowest BCUT2D eigenvalue weighted by Gasteiger charge is -2.11. The largest absolute Gasteiger partial charge is 0.397 e. The van der Waals surface area contributed by atoms with E-state index in [9.17, 15) is 0 Å². The number of anilines is 1. The van der Waals surface area contributed by atoms with E-state index in [1.165, 1.54) is 0 Å². The van der Waals surface area contributed by atoms with Crippen molar-refractivity contribution in [3.8, 4) is 11.3 Å². The van der Waals surface area contributed by atoms with Gasteiger partial charge < -0.3 is 5.73 Å². The highest BCUT2D eigenvalue weighted by molar-refractivity contribution is 6.33. The Balaban J connectivity index is 2.51. The second-order valence-electron chi connectivity index (χ2n) is 5.16. The number of hydrogen-bond donors (Lipinski definition) is 1. The normalized spacial score (nSPS) is 10.8. The van der Waals surface area contributed by atoms with Gasteiger partial charge in [-0.1, -0.05) is 32.0 Å². The molecule has 0 amide bonds. The standard InChI is InChI=1S/C16H18ClN3/c1-9(2)14-6-5-11(8-19-14)16-12(17)7-13(18)15(20-16)10(3)4/h5-9H,3,18H2,1-2,4H3. The lowest BCUT2D eigenvalue weighted by Crippen LogP contribution is -1.99. The summed E-state index contributed by atoms with van der Waals surface area (Å²) in [6.07, 6.45) is 1.79. The Kier molecular flexibility index (Phi) is 4.09. The molecular formula is C16H18ClN3. The summed E-state index contributed by atoms with van der Waals surface area (Å²) in [7, 11) is 0. The molecule has 0 aromatic carbocycles. The summed E-state index contributed by atoms with van der Waals surface area (Å²) in [5, 5.41) is 0.520. The molecule has 0 bridgehead atoms. The smallest absolute Gasteiger partial charge is 0.0912 e. The summed E-state index contributed by atoms with van der Waals surface area (Å²) in [4.78, 5) is 8.96. The lowest BCUT2D eigenvalue weighted by molar-refractivity contribution is 0.823. The third kappa shape index (κ3) is 2.83. The molecular weight excluding hydrogens is 270 g/mol. The molecule has 0 fully saturated rings. The maximum Gasteiger partial charge on any atom is 0.0912 e. The first kappa shape index (κ1) is 14.5. The van der Waals surface area contributed by atoms with E-state index in [0.29, 0.717) is 28.0 Å². The van der Waals surface area contributed by atoms with E-state index < -0.39 is 0 Å². The van der Waals surface area contributed by atoms with Crippen molar-refractivity contribution in [2.75, 3.05) is 5.73 Å². The maximum atomic E-state index is 6.24. The third-order valence-electron chi connectivity index (χ3n) is 3.06. The summed E-state index contributed by atoms with van der Waals surface area (Å²) in [5.41, 5.74) is 10.5. The van der Waals surface area contributed by atoms with Gasteiger partial charge in [-0.05, 0) is 36.6 Å². The van der Waals surface area contributed by atoms with Crippen molar-refractivity contribution in [2.24, 2.45) is 0 Å². The minimum absolute atomic E-state index is 0.393. The lowest BCUT2D eigenvalue weighted by atomic mass is 10.1. The predicted octanol–water partition coefficient (Wildman–Crippen LogP) is 4.54. The summed E-state index contributed by atoms with van der Waals surface area (Å²) < 4.78 is 0. The molecule has 20 heavy (non-hydrogen) atoms. The first-order valence-electron chi connectivity index (χ1n) is 6.48. The molecule has 0 atom stereocenters. The van der Waals surface area contributed by atoms with Crippen LogP contribution in [0.4, 0.5) is 5.69 Å². The van der Waals surface area contributed by atoms with Crippen LogP contribution in [0.5, 0.6) is 0 Å². The molecule has 0 spiro atoms. The fraction of sp³-hybridized carbons (Fsp3) is 0.250. The fourth-order valence-corrected chi connectivity index (χ4v) is 2.20. The minimum atomic E-state index is 0.393. The van der Waals surface area contributed by atoms with Crippen molar-refractivity contribution >= 4 is 22.9 Å². The first-order valence-corrected chi connectivity index (χ1v) is 6.86. The van der Waals surface area contributed by atoms with Gasteiger partial charge >= 0.3 is 0 Å². The zero-order valence-corrected chi connectivity index (χ0v) is 12.7. The number of nitrogen functional groups attached to an aromatic ring is 1. The molecule has 3 nitrogen and oxygen atoms in total. The van der Waals surface area contributed by atoms with Crippen LogP contribution in [0, 0.1) is 0 Å². The van der Waals surface area contributed by atoms with Crippen molar-refractivity contribution in [3.63, 3.8) is 0 Å². The molecule has 2 aromatic rings. The second kappa shape index (κ2) is 5.63. The van der Waals surface area contributed by atoms with Gasteiger partial charge in [0.05, 0.1) is 22.1 Å². The van der Waals surface area contributed by atoms with E-state index in [4.69, 9.17) is 17.3 Å². The number of rotatable bonds is 3. The van der Waals surface area contributed by atoms with Crippen molar-refractivity contribution in [1.82, 2.24) is 9.97 Å². The first-order chi connectivity index (χ1) is 9.40. The van der Waals surface area contributed by atoms with Crippen molar-refractivity contribution < 1.29 is 0 Å². The van der Waals surface area contributed by atoms with Crippen molar-refractivity contribution in [2.45, 2.75) is 26.7 Å². The highest BCUT2D eigenvalue weighted by atomic mass is 35.5. The monoisotopic (exact) mass is 287 g/mol.